The summed E-state index contributed by atoms with van der Waals surface area (Å²) in [5.74, 6) is 1.19. The lowest BCUT2D eigenvalue weighted by Crippen LogP contribution is -2.28. The second-order valence-corrected chi connectivity index (χ2v) is 7.79. The van der Waals surface area contributed by atoms with Crippen molar-refractivity contribution in [2.75, 3.05) is 33.4 Å². The fourth-order valence-corrected chi connectivity index (χ4v) is 4.27. The fraction of sp³-hybridized carbons (Fsp3) is 0.292. The Morgan fingerprint density at radius 1 is 1.06 bits per heavy atom. The van der Waals surface area contributed by atoms with E-state index in [1.54, 1.807) is 25.2 Å². The Bertz CT molecular complexity index is 1180. The first kappa shape index (κ1) is 19.4. The number of rotatable bonds is 3. The van der Waals surface area contributed by atoms with E-state index < -0.39 is 0 Å². The molecule has 3 aromatic rings. The number of carbonyl (C=O) groups excluding carboxylic acids is 2. The molecule has 31 heavy (non-hydrogen) atoms. The molecule has 0 radical (unpaired) electrons. The Kier molecular flexibility index (Phi) is 4.94. The number of amides is 2. The van der Waals surface area contributed by atoms with Crippen LogP contribution in [0.1, 0.15) is 38.7 Å². The molecule has 1 N–H and O–H groups in total. The summed E-state index contributed by atoms with van der Waals surface area (Å²) in [6.07, 6.45) is 0.800. The quantitative estimate of drug-likeness (QED) is 0.709. The van der Waals surface area contributed by atoms with E-state index in [0.29, 0.717) is 48.9 Å². The molecule has 0 unspecified atom stereocenters. The van der Waals surface area contributed by atoms with Gasteiger partial charge in [0.05, 0.1) is 11.1 Å². The van der Waals surface area contributed by atoms with Gasteiger partial charge in [0, 0.05) is 42.7 Å². The van der Waals surface area contributed by atoms with Gasteiger partial charge in [-0.15, -0.1) is 0 Å². The molecule has 1 saturated heterocycles. The van der Waals surface area contributed by atoms with Crippen molar-refractivity contribution in [1.82, 2.24) is 15.2 Å². The molecule has 0 bridgehead atoms. The molecule has 158 valence electrons. The van der Waals surface area contributed by atoms with Crippen LogP contribution < -0.4 is 14.8 Å². The van der Waals surface area contributed by atoms with Crippen molar-refractivity contribution in [1.29, 1.82) is 0 Å². The number of pyridine rings is 1. The highest BCUT2D eigenvalue weighted by Gasteiger charge is 2.30. The van der Waals surface area contributed by atoms with Crippen LogP contribution in [0.4, 0.5) is 0 Å². The molecule has 0 saturated carbocycles. The average molecular weight is 417 g/mol. The third-order valence-electron chi connectivity index (χ3n) is 5.89. The van der Waals surface area contributed by atoms with Crippen molar-refractivity contribution in [2.45, 2.75) is 12.3 Å². The summed E-state index contributed by atoms with van der Waals surface area (Å²) in [6.45, 7) is 2.20. The van der Waals surface area contributed by atoms with E-state index in [1.807, 2.05) is 35.2 Å². The molecule has 0 spiro atoms. The van der Waals surface area contributed by atoms with Gasteiger partial charge < -0.3 is 19.7 Å². The van der Waals surface area contributed by atoms with E-state index in [0.717, 1.165) is 23.0 Å². The number of carbonyl (C=O) groups is 2. The normalized spacial score (nSPS) is 17.6. The monoisotopic (exact) mass is 417 g/mol. The van der Waals surface area contributed by atoms with Crippen molar-refractivity contribution in [3.8, 4) is 11.5 Å². The topological polar surface area (TPSA) is 80.8 Å². The van der Waals surface area contributed by atoms with Gasteiger partial charge in [0.25, 0.3) is 11.8 Å². The minimum absolute atomic E-state index is 0.0354. The number of nitrogens with zero attached hydrogens (tertiary/aromatic N) is 2. The zero-order valence-corrected chi connectivity index (χ0v) is 17.3. The average Bonchev–Trinajstić information content (AvgIpc) is 3.32. The molecule has 1 aromatic heterocycles. The number of likely N-dealkylation sites (tertiary alicyclic amines) is 1. The van der Waals surface area contributed by atoms with Gasteiger partial charge in [0.15, 0.2) is 11.5 Å². The van der Waals surface area contributed by atoms with E-state index in [-0.39, 0.29) is 17.7 Å². The minimum Gasteiger partial charge on any atom is -0.486 e. The Balaban J connectivity index is 1.40. The van der Waals surface area contributed by atoms with E-state index in [1.165, 1.54) is 0 Å². The maximum absolute atomic E-state index is 13.1. The molecule has 2 aliphatic heterocycles. The molecular weight excluding hydrogens is 394 g/mol. The van der Waals surface area contributed by atoms with Crippen molar-refractivity contribution in [3.63, 3.8) is 0 Å². The molecule has 2 aliphatic rings. The second-order valence-electron chi connectivity index (χ2n) is 7.79. The first-order chi connectivity index (χ1) is 15.1. The van der Waals surface area contributed by atoms with Crippen LogP contribution >= 0.6 is 0 Å². The molecule has 5 rings (SSSR count). The van der Waals surface area contributed by atoms with Crippen LogP contribution in [0, 0.1) is 0 Å². The number of para-hydroxylation sites is 1. The van der Waals surface area contributed by atoms with E-state index in [2.05, 4.69) is 5.32 Å². The van der Waals surface area contributed by atoms with Crippen LogP contribution in [-0.2, 0) is 0 Å². The highest BCUT2D eigenvalue weighted by atomic mass is 16.6. The maximum Gasteiger partial charge on any atom is 0.254 e. The van der Waals surface area contributed by atoms with Gasteiger partial charge in [-0.05, 0) is 36.8 Å². The second kappa shape index (κ2) is 7.91. The first-order valence-corrected chi connectivity index (χ1v) is 10.4. The van der Waals surface area contributed by atoms with Crippen molar-refractivity contribution in [3.05, 3.63) is 65.4 Å². The minimum atomic E-state index is -0.137. The molecule has 1 atom stereocenters. The van der Waals surface area contributed by atoms with Crippen LogP contribution in [-0.4, -0.2) is 55.0 Å². The van der Waals surface area contributed by atoms with Crippen LogP contribution in [0.5, 0.6) is 11.5 Å². The fourth-order valence-electron chi connectivity index (χ4n) is 4.27. The van der Waals surface area contributed by atoms with Crippen molar-refractivity contribution >= 4 is 22.7 Å². The standard InChI is InChI=1S/C24H23N3O4/c1-25-23(28)18-13-20(26-19-5-3-2-4-17(18)19)16-8-9-27(14-16)24(29)15-6-7-21-22(12-15)31-11-10-30-21/h2-7,12-13,16H,8-11,14H2,1H3,(H,25,28)/t16-/m0/s1. The van der Waals surface area contributed by atoms with Gasteiger partial charge in [-0.1, -0.05) is 18.2 Å². The van der Waals surface area contributed by atoms with Gasteiger partial charge in [-0.3, -0.25) is 14.6 Å². The smallest absolute Gasteiger partial charge is 0.254 e. The van der Waals surface area contributed by atoms with Crippen LogP contribution in [0.2, 0.25) is 0 Å². The summed E-state index contributed by atoms with van der Waals surface area (Å²) < 4.78 is 11.2. The number of hydrogen-bond donors (Lipinski definition) is 1. The van der Waals surface area contributed by atoms with E-state index in [4.69, 9.17) is 14.5 Å². The van der Waals surface area contributed by atoms with Crippen molar-refractivity contribution in [2.24, 2.45) is 0 Å². The molecule has 3 heterocycles. The predicted molar refractivity (Wildman–Crippen MR) is 116 cm³/mol. The number of hydrogen-bond acceptors (Lipinski definition) is 5. The summed E-state index contributed by atoms with van der Waals surface area (Å²) in [4.78, 5) is 32.2. The highest BCUT2D eigenvalue weighted by Crippen LogP contribution is 2.33. The lowest BCUT2D eigenvalue weighted by molar-refractivity contribution is 0.0789. The van der Waals surface area contributed by atoms with Crippen LogP contribution in [0.15, 0.2) is 48.5 Å². The zero-order valence-electron chi connectivity index (χ0n) is 17.3. The summed E-state index contributed by atoms with van der Waals surface area (Å²) >= 11 is 0. The lowest BCUT2D eigenvalue weighted by Gasteiger charge is -2.21. The Morgan fingerprint density at radius 2 is 1.87 bits per heavy atom. The summed E-state index contributed by atoms with van der Waals surface area (Å²) in [5.41, 5.74) is 2.83. The Labute approximate surface area is 180 Å². The number of nitrogens with one attached hydrogen (secondary N) is 1. The first-order valence-electron chi connectivity index (χ1n) is 10.4. The molecule has 0 aliphatic carbocycles. The lowest BCUT2D eigenvalue weighted by atomic mass is 9.99. The summed E-state index contributed by atoms with van der Waals surface area (Å²) in [7, 11) is 1.63. The van der Waals surface area contributed by atoms with Crippen LogP contribution in [0.25, 0.3) is 10.9 Å². The molecule has 7 heteroatoms. The van der Waals surface area contributed by atoms with Gasteiger partial charge in [-0.25, -0.2) is 0 Å². The van der Waals surface area contributed by atoms with Crippen molar-refractivity contribution < 1.29 is 19.1 Å². The van der Waals surface area contributed by atoms with Gasteiger partial charge >= 0.3 is 0 Å². The largest absolute Gasteiger partial charge is 0.486 e. The van der Waals surface area contributed by atoms with Gasteiger partial charge in [-0.2, -0.15) is 0 Å². The highest BCUT2D eigenvalue weighted by molar-refractivity contribution is 6.06. The van der Waals surface area contributed by atoms with E-state index in [9.17, 15) is 9.59 Å². The van der Waals surface area contributed by atoms with Crippen LogP contribution in [0.3, 0.4) is 0 Å². The van der Waals surface area contributed by atoms with E-state index >= 15 is 0 Å². The number of ether oxygens (including phenoxy) is 2. The Morgan fingerprint density at radius 3 is 2.71 bits per heavy atom. The molecule has 2 aromatic carbocycles. The van der Waals surface area contributed by atoms with Gasteiger partial charge in [0.1, 0.15) is 13.2 Å². The summed E-state index contributed by atoms with van der Waals surface area (Å²) in [6, 6.07) is 14.8. The Hall–Kier alpha value is -3.61. The third kappa shape index (κ3) is 3.56. The maximum atomic E-state index is 13.1. The molecule has 1 fully saturated rings. The SMILES string of the molecule is CNC(=O)c1cc([C@H]2CCN(C(=O)c3ccc4c(c3)OCCO4)C2)nc2ccccc12. The predicted octanol–water partition coefficient (Wildman–Crippen LogP) is 3.00. The number of aromatic nitrogens is 1. The molecular formula is C24H23N3O4. The third-order valence-corrected chi connectivity index (χ3v) is 5.89. The zero-order chi connectivity index (χ0) is 21.4. The number of fused-ring (bicyclic) bond motifs is 2. The number of benzene rings is 2. The van der Waals surface area contributed by atoms with Gasteiger partial charge in [0.2, 0.25) is 0 Å². The molecule has 7 nitrogen and oxygen atoms in total. The summed E-state index contributed by atoms with van der Waals surface area (Å²) in [5, 5.41) is 3.54. The molecule has 2 amide bonds.